The number of ether oxygens (including phenoxy) is 2. The first-order chi connectivity index (χ1) is 14.3. The minimum Gasteiger partial charge on any atom is -0.454 e. The number of hydrogen-bond donors (Lipinski definition) is 2. The van der Waals surface area contributed by atoms with Crippen LogP contribution in [0, 0.1) is 6.92 Å². The number of hydrogen-bond acceptors (Lipinski definition) is 8. The first-order valence-corrected chi connectivity index (χ1v) is 10.8. The zero-order valence-corrected chi connectivity index (χ0v) is 17.8. The Balaban J connectivity index is 1.67. The van der Waals surface area contributed by atoms with Gasteiger partial charge in [0.15, 0.2) is 11.5 Å². The highest BCUT2D eigenvalue weighted by Crippen LogP contribution is 2.35. The van der Waals surface area contributed by atoms with Gasteiger partial charge in [-0.25, -0.2) is 13.1 Å². The highest BCUT2D eigenvalue weighted by Gasteiger charge is 2.31. The van der Waals surface area contributed by atoms with E-state index in [-0.39, 0.29) is 39.5 Å². The molecule has 1 aliphatic carbocycles. The van der Waals surface area contributed by atoms with Crippen LogP contribution in [0.3, 0.4) is 0 Å². The Morgan fingerprint density at radius 2 is 2.03 bits per heavy atom. The lowest BCUT2D eigenvalue weighted by molar-refractivity contribution is -0.112. The van der Waals surface area contributed by atoms with Gasteiger partial charge < -0.3 is 19.3 Å². The molecule has 4 rings (SSSR count). The van der Waals surface area contributed by atoms with E-state index in [1.54, 1.807) is 31.2 Å². The van der Waals surface area contributed by atoms with Crippen molar-refractivity contribution in [2.75, 3.05) is 16.8 Å². The normalized spacial score (nSPS) is 15.5. The van der Waals surface area contributed by atoms with Crippen molar-refractivity contribution >= 4 is 56.2 Å². The Bertz CT molecular complexity index is 1230. The molecule has 0 saturated carbocycles. The fourth-order valence-corrected chi connectivity index (χ4v) is 4.61. The second-order valence-corrected chi connectivity index (χ2v) is 8.83. The molecule has 1 aromatic carbocycles. The summed E-state index contributed by atoms with van der Waals surface area (Å²) in [6.45, 7) is 1.65. The SMILES string of the molecule is Cc1noc(NS(=O)(=O)C2=C(C(=O)Nc3ccc4c(c3)OCO4)C(=S)CC=C2)c1Cl. The summed E-state index contributed by atoms with van der Waals surface area (Å²) in [7, 11) is -4.24. The zero-order chi connectivity index (χ0) is 21.5. The number of benzene rings is 1. The highest BCUT2D eigenvalue weighted by molar-refractivity contribution is 7.96. The maximum absolute atomic E-state index is 12.9. The maximum atomic E-state index is 12.9. The number of sulfonamides is 1. The van der Waals surface area contributed by atoms with Gasteiger partial charge in [-0.15, -0.1) is 0 Å². The summed E-state index contributed by atoms with van der Waals surface area (Å²) < 4.78 is 43.5. The summed E-state index contributed by atoms with van der Waals surface area (Å²) in [4.78, 5) is 12.8. The number of halogens is 1. The van der Waals surface area contributed by atoms with E-state index in [4.69, 9.17) is 37.8 Å². The topological polar surface area (TPSA) is 120 Å². The summed E-state index contributed by atoms with van der Waals surface area (Å²) in [5, 5.41) is 6.27. The van der Waals surface area contributed by atoms with Gasteiger partial charge in [0, 0.05) is 23.0 Å². The third-order valence-electron chi connectivity index (χ3n) is 4.26. The molecule has 0 bridgehead atoms. The van der Waals surface area contributed by atoms with Crippen molar-refractivity contribution in [3.63, 3.8) is 0 Å². The lowest BCUT2D eigenvalue weighted by Crippen LogP contribution is -2.27. The lowest BCUT2D eigenvalue weighted by Gasteiger charge is -2.17. The molecule has 9 nitrogen and oxygen atoms in total. The van der Waals surface area contributed by atoms with Gasteiger partial charge in [-0.1, -0.05) is 35.1 Å². The maximum Gasteiger partial charge on any atom is 0.265 e. The monoisotopic (exact) mass is 467 g/mol. The lowest BCUT2D eigenvalue weighted by atomic mass is 10.0. The van der Waals surface area contributed by atoms with Crippen LogP contribution in [0.4, 0.5) is 11.6 Å². The quantitative estimate of drug-likeness (QED) is 0.642. The van der Waals surface area contributed by atoms with E-state index in [2.05, 4.69) is 15.2 Å². The Kier molecular flexibility index (Phi) is 5.26. The van der Waals surface area contributed by atoms with Gasteiger partial charge in [-0.05, 0) is 25.1 Å². The number of rotatable bonds is 5. The minimum absolute atomic E-state index is 0.0212. The van der Waals surface area contributed by atoms with Crippen LogP contribution in [0.25, 0.3) is 0 Å². The molecule has 30 heavy (non-hydrogen) atoms. The van der Waals surface area contributed by atoms with Crippen molar-refractivity contribution in [2.24, 2.45) is 0 Å². The van der Waals surface area contributed by atoms with Gasteiger partial charge in [0.2, 0.25) is 6.79 Å². The third-order valence-corrected chi connectivity index (χ3v) is 6.45. The predicted molar refractivity (Wildman–Crippen MR) is 113 cm³/mol. The Labute approximate surface area is 181 Å². The fraction of sp³-hybridized carbons (Fsp3) is 0.167. The Morgan fingerprint density at radius 3 is 2.77 bits per heavy atom. The van der Waals surface area contributed by atoms with Gasteiger partial charge in [-0.2, -0.15) is 0 Å². The first kappa shape index (κ1) is 20.4. The number of carbonyl (C=O) groups excluding carboxylic acids is 1. The molecule has 156 valence electrons. The largest absolute Gasteiger partial charge is 0.454 e. The van der Waals surface area contributed by atoms with Crippen LogP contribution in [0.1, 0.15) is 12.1 Å². The molecule has 1 amide bonds. The number of allylic oxidation sites excluding steroid dienone is 2. The zero-order valence-electron chi connectivity index (χ0n) is 15.4. The third kappa shape index (κ3) is 3.78. The van der Waals surface area contributed by atoms with Gasteiger partial charge in [-0.3, -0.25) is 4.79 Å². The van der Waals surface area contributed by atoms with Crippen LogP contribution >= 0.6 is 23.8 Å². The van der Waals surface area contributed by atoms with Crippen LogP contribution < -0.4 is 19.5 Å². The summed E-state index contributed by atoms with van der Waals surface area (Å²) >= 11 is 11.3. The number of anilines is 2. The number of amides is 1. The number of carbonyl (C=O) groups is 1. The Hall–Kier alpha value is -2.89. The minimum atomic E-state index is -4.24. The van der Waals surface area contributed by atoms with Crippen molar-refractivity contribution in [2.45, 2.75) is 13.3 Å². The molecule has 1 aromatic heterocycles. The van der Waals surface area contributed by atoms with E-state index in [0.29, 0.717) is 22.9 Å². The van der Waals surface area contributed by atoms with Crippen molar-refractivity contribution in [1.82, 2.24) is 5.16 Å². The van der Waals surface area contributed by atoms with Crippen LogP contribution in [0.5, 0.6) is 11.5 Å². The van der Waals surface area contributed by atoms with Gasteiger partial charge in [0.05, 0.1) is 5.57 Å². The first-order valence-electron chi connectivity index (χ1n) is 8.56. The van der Waals surface area contributed by atoms with Crippen molar-refractivity contribution in [3.8, 4) is 11.5 Å². The smallest absolute Gasteiger partial charge is 0.265 e. The van der Waals surface area contributed by atoms with E-state index < -0.39 is 15.9 Å². The number of aromatic nitrogens is 1. The van der Waals surface area contributed by atoms with Crippen LogP contribution in [-0.4, -0.2) is 31.1 Å². The van der Waals surface area contributed by atoms with Crippen molar-refractivity contribution < 1.29 is 27.2 Å². The van der Waals surface area contributed by atoms with Crippen molar-refractivity contribution in [3.05, 3.63) is 51.5 Å². The second-order valence-electron chi connectivity index (χ2n) is 6.31. The summed E-state index contributed by atoms with van der Waals surface area (Å²) in [6.07, 6.45) is 3.12. The molecular weight excluding hydrogens is 454 g/mol. The predicted octanol–water partition coefficient (Wildman–Crippen LogP) is 3.33. The number of nitrogens with zero attached hydrogens (tertiary/aromatic N) is 1. The molecule has 0 saturated heterocycles. The molecular formula is C18H14ClN3O6S2. The molecule has 12 heteroatoms. The average molecular weight is 468 g/mol. The summed E-state index contributed by atoms with van der Waals surface area (Å²) in [5.74, 6) is 0.0956. The van der Waals surface area contributed by atoms with E-state index in [0.717, 1.165) is 0 Å². The molecule has 0 radical (unpaired) electrons. The summed E-state index contributed by atoms with van der Waals surface area (Å²) in [6, 6.07) is 4.82. The molecule has 0 fully saturated rings. The average Bonchev–Trinajstić information content (AvgIpc) is 3.29. The summed E-state index contributed by atoms with van der Waals surface area (Å²) in [5.41, 5.74) is 0.566. The van der Waals surface area contributed by atoms with Crippen LogP contribution in [0.2, 0.25) is 5.02 Å². The van der Waals surface area contributed by atoms with E-state index in [9.17, 15) is 13.2 Å². The van der Waals surface area contributed by atoms with E-state index >= 15 is 0 Å². The van der Waals surface area contributed by atoms with Gasteiger partial charge >= 0.3 is 0 Å². The molecule has 0 atom stereocenters. The van der Waals surface area contributed by atoms with Gasteiger partial charge in [0.1, 0.15) is 15.6 Å². The molecule has 2 heterocycles. The number of fused-ring (bicyclic) bond motifs is 1. The molecule has 0 unspecified atom stereocenters. The van der Waals surface area contributed by atoms with Crippen molar-refractivity contribution in [1.29, 1.82) is 0 Å². The molecule has 0 spiro atoms. The van der Waals surface area contributed by atoms with Crippen LogP contribution in [0.15, 0.2) is 45.4 Å². The molecule has 2 N–H and O–H groups in total. The molecule has 2 aromatic rings. The fourth-order valence-electron chi connectivity index (χ4n) is 2.83. The van der Waals surface area contributed by atoms with E-state index in [1.165, 1.54) is 6.08 Å². The number of aryl methyl sites for hydroxylation is 1. The number of thiocarbonyl (C=S) groups is 1. The standard InChI is InChI=1S/C18H14ClN3O6S2/c1-9-16(19)18(28-21-9)22-30(24,25)14-4-2-3-13(29)15(14)17(23)20-10-5-6-11-12(7-10)27-8-26-11/h2,4-7,22H,3,8H2,1H3,(H,20,23). The highest BCUT2D eigenvalue weighted by atomic mass is 35.5. The van der Waals surface area contributed by atoms with E-state index in [1.807, 2.05) is 0 Å². The Morgan fingerprint density at radius 1 is 1.27 bits per heavy atom. The van der Waals surface area contributed by atoms with Crippen LogP contribution in [-0.2, 0) is 14.8 Å². The molecule has 1 aliphatic heterocycles. The second kappa shape index (κ2) is 7.74. The molecule has 2 aliphatic rings. The van der Waals surface area contributed by atoms with Gasteiger partial charge in [0.25, 0.3) is 21.8 Å². The number of nitrogens with one attached hydrogen (secondary N) is 2.